The molecule has 0 saturated carbocycles. The molecule has 0 radical (unpaired) electrons. The van der Waals surface area contributed by atoms with Crippen LogP contribution in [0.3, 0.4) is 0 Å². The maximum absolute atomic E-state index is 12.9. The molecule has 2 aromatic rings. The van der Waals surface area contributed by atoms with Gasteiger partial charge in [-0.3, -0.25) is 19.7 Å². The highest BCUT2D eigenvalue weighted by Crippen LogP contribution is 2.17. The summed E-state index contributed by atoms with van der Waals surface area (Å²) in [5.41, 5.74) is 8.48. The zero-order chi connectivity index (χ0) is 26.5. The number of carbonyl (C=O) groups is 2. The van der Waals surface area contributed by atoms with Gasteiger partial charge in [-0.1, -0.05) is 84.8 Å². The van der Waals surface area contributed by atoms with Crippen molar-refractivity contribution < 1.29 is 14.7 Å². The van der Waals surface area contributed by atoms with E-state index in [9.17, 15) is 14.7 Å². The first-order chi connectivity index (χ1) is 17.9. The van der Waals surface area contributed by atoms with Crippen LogP contribution in [0, 0.1) is 11.3 Å². The number of allylic oxidation sites excluding steroid dienone is 2. The fourth-order valence-corrected chi connectivity index (χ4v) is 4.45. The van der Waals surface area contributed by atoms with Crippen LogP contribution in [0.4, 0.5) is 0 Å². The number of aromatic hydroxyl groups is 1. The van der Waals surface area contributed by atoms with Gasteiger partial charge in [0.05, 0.1) is 18.5 Å². The fraction of sp³-hybridized carbons (Fsp3) is 0.250. The van der Waals surface area contributed by atoms with E-state index in [0.717, 1.165) is 16.7 Å². The second-order valence-electron chi connectivity index (χ2n) is 8.61. The minimum Gasteiger partial charge on any atom is -0.508 e. The SMILES string of the molecule is N=C(N)C1C=CC=C(CNC(=O)CNC(=O)C(CCc2ccccc2)NSCc2cccc(O)c2)C=C1. The zero-order valence-corrected chi connectivity index (χ0v) is 21.3. The summed E-state index contributed by atoms with van der Waals surface area (Å²) in [6.07, 6.45) is 10.4. The van der Waals surface area contributed by atoms with Crippen LogP contribution in [-0.2, 0) is 21.8 Å². The lowest BCUT2D eigenvalue weighted by Gasteiger charge is -2.18. The van der Waals surface area contributed by atoms with Crippen molar-refractivity contribution in [2.24, 2.45) is 11.7 Å². The van der Waals surface area contributed by atoms with Crippen LogP contribution in [-0.4, -0.2) is 41.9 Å². The van der Waals surface area contributed by atoms with Crippen molar-refractivity contribution in [1.82, 2.24) is 15.4 Å². The molecule has 1 aliphatic carbocycles. The van der Waals surface area contributed by atoms with Crippen LogP contribution in [0.25, 0.3) is 0 Å². The van der Waals surface area contributed by atoms with Gasteiger partial charge in [0.2, 0.25) is 11.8 Å². The van der Waals surface area contributed by atoms with Crippen LogP contribution in [0.5, 0.6) is 5.75 Å². The first-order valence-electron chi connectivity index (χ1n) is 12.0. The van der Waals surface area contributed by atoms with Gasteiger partial charge >= 0.3 is 0 Å². The summed E-state index contributed by atoms with van der Waals surface area (Å²) in [5.74, 6) is 0.0284. The third-order valence-electron chi connectivity index (χ3n) is 5.67. The number of nitrogens with two attached hydrogens (primary N) is 1. The molecular formula is C28H33N5O3S. The van der Waals surface area contributed by atoms with E-state index < -0.39 is 6.04 Å². The van der Waals surface area contributed by atoms with E-state index in [1.165, 1.54) is 11.9 Å². The largest absolute Gasteiger partial charge is 0.508 e. The summed E-state index contributed by atoms with van der Waals surface area (Å²) in [6.45, 7) is 0.165. The maximum atomic E-state index is 12.9. The summed E-state index contributed by atoms with van der Waals surface area (Å²) in [7, 11) is 0. The second-order valence-corrected chi connectivity index (χ2v) is 9.43. The third-order valence-corrected chi connectivity index (χ3v) is 6.60. The topological polar surface area (TPSA) is 140 Å². The van der Waals surface area contributed by atoms with Crippen molar-refractivity contribution in [3.8, 4) is 5.75 Å². The smallest absolute Gasteiger partial charge is 0.239 e. The number of amidine groups is 1. The molecule has 2 aromatic carbocycles. The van der Waals surface area contributed by atoms with Gasteiger partial charge < -0.3 is 21.5 Å². The minimum absolute atomic E-state index is 0.0596. The molecule has 194 valence electrons. The van der Waals surface area contributed by atoms with Gasteiger partial charge in [0, 0.05) is 12.3 Å². The number of amides is 2. The number of aryl methyl sites for hydroxylation is 1. The number of phenols is 1. The first-order valence-corrected chi connectivity index (χ1v) is 13.0. The molecule has 9 heteroatoms. The predicted molar refractivity (Wildman–Crippen MR) is 149 cm³/mol. The van der Waals surface area contributed by atoms with Gasteiger partial charge in [0.1, 0.15) is 11.6 Å². The maximum Gasteiger partial charge on any atom is 0.239 e. The monoisotopic (exact) mass is 519 g/mol. The molecule has 7 N–H and O–H groups in total. The number of nitrogens with one attached hydrogen (secondary N) is 4. The first kappa shape index (κ1) is 27.8. The molecule has 0 heterocycles. The van der Waals surface area contributed by atoms with Crippen molar-refractivity contribution in [1.29, 1.82) is 5.41 Å². The summed E-state index contributed by atoms with van der Waals surface area (Å²) in [4.78, 5) is 25.3. The zero-order valence-electron chi connectivity index (χ0n) is 20.5. The van der Waals surface area contributed by atoms with Crippen LogP contribution in [0.15, 0.2) is 90.6 Å². The normalized spacial score (nSPS) is 15.4. The average Bonchev–Trinajstić information content (AvgIpc) is 3.14. The molecule has 0 saturated heterocycles. The van der Waals surface area contributed by atoms with Crippen molar-refractivity contribution in [2.75, 3.05) is 13.1 Å². The van der Waals surface area contributed by atoms with Crippen LogP contribution in [0.1, 0.15) is 17.5 Å². The highest BCUT2D eigenvalue weighted by Gasteiger charge is 2.19. The molecule has 2 unspecified atom stereocenters. The Bertz CT molecular complexity index is 1160. The van der Waals surface area contributed by atoms with E-state index in [1.807, 2.05) is 66.8 Å². The van der Waals surface area contributed by atoms with Gasteiger partial charge in [0.15, 0.2) is 0 Å². The highest BCUT2D eigenvalue weighted by atomic mass is 32.2. The lowest BCUT2D eigenvalue weighted by Crippen LogP contribution is -2.46. The molecular weight excluding hydrogens is 486 g/mol. The molecule has 0 aromatic heterocycles. The molecule has 0 fully saturated rings. The van der Waals surface area contributed by atoms with E-state index >= 15 is 0 Å². The van der Waals surface area contributed by atoms with Crippen LogP contribution in [0.2, 0.25) is 0 Å². The summed E-state index contributed by atoms with van der Waals surface area (Å²) >= 11 is 1.39. The molecule has 1 aliphatic rings. The minimum atomic E-state index is -0.503. The highest BCUT2D eigenvalue weighted by molar-refractivity contribution is 7.96. The molecule has 2 amide bonds. The van der Waals surface area contributed by atoms with Crippen molar-refractivity contribution in [2.45, 2.75) is 24.6 Å². The Labute approximate surface area is 221 Å². The lowest BCUT2D eigenvalue weighted by atomic mass is 10.1. The van der Waals surface area contributed by atoms with Gasteiger partial charge in [0.25, 0.3) is 0 Å². The number of hydrogen-bond acceptors (Lipinski definition) is 6. The van der Waals surface area contributed by atoms with Gasteiger partial charge in [-0.25, -0.2) is 0 Å². The second kappa shape index (κ2) is 14.7. The lowest BCUT2D eigenvalue weighted by molar-refractivity contribution is -0.127. The number of carbonyl (C=O) groups excluding carboxylic acids is 2. The summed E-state index contributed by atoms with van der Waals surface area (Å²) in [5, 5.41) is 22.8. The van der Waals surface area contributed by atoms with Gasteiger partial charge in [-0.2, -0.15) is 0 Å². The van der Waals surface area contributed by atoms with E-state index in [2.05, 4.69) is 15.4 Å². The van der Waals surface area contributed by atoms with Gasteiger partial charge in [-0.05, 0) is 41.7 Å². The van der Waals surface area contributed by atoms with E-state index in [4.69, 9.17) is 11.1 Å². The van der Waals surface area contributed by atoms with E-state index in [-0.39, 0.29) is 35.9 Å². The Morgan fingerprint density at radius 3 is 2.59 bits per heavy atom. The Balaban J connectivity index is 1.49. The van der Waals surface area contributed by atoms with Gasteiger partial charge in [-0.15, -0.1) is 0 Å². The molecule has 37 heavy (non-hydrogen) atoms. The van der Waals surface area contributed by atoms with Crippen LogP contribution >= 0.6 is 11.9 Å². The van der Waals surface area contributed by atoms with Crippen molar-refractivity contribution >= 4 is 29.6 Å². The molecule has 0 aliphatic heterocycles. The number of benzene rings is 2. The van der Waals surface area contributed by atoms with Crippen molar-refractivity contribution in [3.05, 3.63) is 102 Å². The summed E-state index contributed by atoms with van der Waals surface area (Å²) < 4.78 is 3.22. The molecule has 2 atom stereocenters. The Morgan fingerprint density at radius 2 is 1.84 bits per heavy atom. The number of phenolic OH excluding ortho intramolecular Hbond substituents is 1. The summed E-state index contributed by atoms with van der Waals surface area (Å²) in [6, 6.07) is 16.4. The molecule has 0 spiro atoms. The predicted octanol–water partition coefficient (Wildman–Crippen LogP) is 2.97. The van der Waals surface area contributed by atoms with Crippen molar-refractivity contribution in [3.63, 3.8) is 0 Å². The van der Waals surface area contributed by atoms with E-state index in [1.54, 1.807) is 18.2 Å². The fourth-order valence-electron chi connectivity index (χ4n) is 3.60. The molecule has 8 nitrogen and oxygen atoms in total. The number of rotatable bonds is 13. The third kappa shape index (κ3) is 9.98. The Morgan fingerprint density at radius 1 is 1.05 bits per heavy atom. The Hall–Kier alpha value is -3.82. The molecule has 0 bridgehead atoms. The molecule has 3 rings (SSSR count). The Kier molecular flexibility index (Phi) is 11.0. The standard InChI is InChI=1S/C28H33N5O3S/c29-27(30)23-10-4-8-21(12-14-23)17-31-26(35)18-32-28(36)25(15-13-20-6-2-1-3-7-20)33-37-19-22-9-5-11-24(34)16-22/h1-12,14,16,23,25,33-34H,13,15,17-19H2,(H3,29,30)(H,31,35)(H,32,36). The van der Waals surface area contributed by atoms with E-state index in [0.29, 0.717) is 25.1 Å². The van der Waals surface area contributed by atoms with Crippen LogP contribution < -0.4 is 21.1 Å². The average molecular weight is 520 g/mol. The quantitative estimate of drug-likeness (QED) is 0.137. The number of hydrogen-bond donors (Lipinski definition) is 6.